The fourth-order valence-electron chi connectivity index (χ4n) is 2.23. The molecule has 0 radical (unpaired) electrons. The molecule has 0 aliphatic rings. The normalized spacial score (nSPS) is 10.6. The molecule has 0 aromatic heterocycles. The summed E-state index contributed by atoms with van der Waals surface area (Å²) >= 11 is 0. The van der Waals surface area contributed by atoms with E-state index in [0.29, 0.717) is 13.1 Å². The van der Waals surface area contributed by atoms with Crippen molar-refractivity contribution in [2.45, 2.75) is 13.5 Å². The number of aryl methyl sites for hydroxylation is 1. The average Bonchev–Trinajstić information content (AvgIpc) is 2.38. The Morgan fingerprint density at radius 2 is 1.95 bits per heavy atom. The van der Waals surface area contributed by atoms with Gasteiger partial charge in [0.15, 0.2) is 0 Å². The first-order valence-electron chi connectivity index (χ1n) is 6.92. The van der Waals surface area contributed by atoms with E-state index in [0.717, 1.165) is 22.5 Å². The molecule has 0 heterocycles. The molecule has 0 fully saturated rings. The largest absolute Gasteiger partial charge is 0.399 e. The maximum Gasteiger partial charge on any atom is 0.238 e. The maximum atomic E-state index is 12.0. The van der Waals surface area contributed by atoms with Crippen molar-refractivity contribution in [2.24, 2.45) is 0 Å². The number of nitrogen functional groups attached to an aromatic ring is 1. The van der Waals surface area contributed by atoms with Crippen molar-refractivity contribution in [1.82, 2.24) is 4.90 Å². The third kappa shape index (κ3) is 4.93. The topological polar surface area (TPSA) is 58.4 Å². The number of carbonyl (C=O) groups excluding carboxylic acids is 1. The predicted molar refractivity (Wildman–Crippen MR) is 87.0 cm³/mol. The molecule has 3 N–H and O–H groups in total. The summed E-state index contributed by atoms with van der Waals surface area (Å²) in [5.74, 6) is -0.0213. The van der Waals surface area contributed by atoms with Crippen LogP contribution in [-0.2, 0) is 11.3 Å². The summed E-state index contributed by atoms with van der Waals surface area (Å²) in [6.45, 7) is 3.02. The standard InChI is InChI=1S/C17H21N3O/c1-13-5-3-8-16(9-13)19-17(21)12-20(2)11-14-6-4-7-15(18)10-14/h3-10H,11-12,18H2,1-2H3,(H,19,21). The highest BCUT2D eigenvalue weighted by atomic mass is 16.2. The Balaban J connectivity index is 1.87. The average molecular weight is 283 g/mol. The van der Waals surface area contributed by atoms with Crippen molar-refractivity contribution in [2.75, 3.05) is 24.6 Å². The van der Waals surface area contributed by atoms with Gasteiger partial charge in [0.2, 0.25) is 5.91 Å². The van der Waals surface area contributed by atoms with Crippen LogP contribution in [0.3, 0.4) is 0 Å². The zero-order valence-electron chi connectivity index (χ0n) is 12.5. The molecule has 2 aromatic carbocycles. The Labute approximate surface area is 125 Å². The summed E-state index contributed by atoms with van der Waals surface area (Å²) in [6, 6.07) is 15.5. The van der Waals surface area contributed by atoms with Gasteiger partial charge in [-0.2, -0.15) is 0 Å². The van der Waals surface area contributed by atoms with Crippen LogP contribution in [-0.4, -0.2) is 24.4 Å². The Hall–Kier alpha value is -2.33. The van der Waals surface area contributed by atoms with Gasteiger partial charge in [0.1, 0.15) is 0 Å². The van der Waals surface area contributed by atoms with Gasteiger partial charge in [-0.3, -0.25) is 9.69 Å². The van der Waals surface area contributed by atoms with Gasteiger partial charge in [0, 0.05) is 17.9 Å². The van der Waals surface area contributed by atoms with E-state index in [2.05, 4.69) is 5.32 Å². The molecular formula is C17H21N3O. The molecule has 0 saturated heterocycles. The van der Waals surface area contributed by atoms with Gasteiger partial charge >= 0.3 is 0 Å². The molecule has 0 saturated carbocycles. The van der Waals surface area contributed by atoms with Gasteiger partial charge in [-0.25, -0.2) is 0 Å². The van der Waals surface area contributed by atoms with E-state index in [1.165, 1.54) is 0 Å². The summed E-state index contributed by atoms with van der Waals surface area (Å²) in [7, 11) is 1.92. The SMILES string of the molecule is Cc1cccc(NC(=O)CN(C)Cc2cccc(N)c2)c1. The maximum absolute atomic E-state index is 12.0. The van der Waals surface area contributed by atoms with E-state index in [4.69, 9.17) is 5.73 Å². The molecular weight excluding hydrogens is 262 g/mol. The Kier molecular flexibility index (Phi) is 4.95. The number of anilines is 2. The van der Waals surface area contributed by atoms with Gasteiger partial charge in [0.05, 0.1) is 6.54 Å². The smallest absolute Gasteiger partial charge is 0.238 e. The number of likely N-dealkylation sites (N-methyl/N-ethyl adjacent to an activating group) is 1. The number of rotatable bonds is 5. The van der Waals surface area contributed by atoms with E-state index >= 15 is 0 Å². The van der Waals surface area contributed by atoms with Gasteiger partial charge in [-0.15, -0.1) is 0 Å². The van der Waals surface area contributed by atoms with Gasteiger partial charge in [-0.05, 0) is 49.4 Å². The fourth-order valence-corrected chi connectivity index (χ4v) is 2.23. The van der Waals surface area contributed by atoms with Crippen LogP contribution in [0.15, 0.2) is 48.5 Å². The van der Waals surface area contributed by atoms with E-state index in [9.17, 15) is 4.79 Å². The zero-order valence-corrected chi connectivity index (χ0v) is 12.5. The first-order valence-corrected chi connectivity index (χ1v) is 6.92. The lowest BCUT2D eigenvalue weighted by Crippen LogP contribution is -2.29. The second-order valence-corrected chi connectivity index (χ2v) is 5.33. The Morgan fingerprint density at radius 3 is 2.67 bits per heavy atom. The van der Waals surface area contributed by atoms with Crippen molar-refractivity contribution >= 4 is 17.3 Å². The number of hydrogen-bond donors (Lipinski definition) is 2. The minimum atomic E-state index is -0.0213. The molecule has 2 rings (SSSR count). The molecule has 0 aliphatic carbocycles. The predicted octanol–water partition coefficient (Wildman–Crippen LogP) is 2.65. The summed E-state index contributed by atoms with van der Waals surface area (Å²) in [5.41, 5.74) is 9.55. The quantitative estimate of drug-likeness (QED) is 0.829. The Morgan fingerprint density at radius 1 is 1.19 bits per heavy atom. The number of amides is 1. The van der Waals surface area contributed by atoms with Crippen LogP contribution in [0, 0.1) is 6.92 Å². The number of nitrogens with one attached hydrogen (secondary N) is 1. The van der Waals surface area contributed by atoms with E-state index < -0.39 is 0 Å². The molecule has 0 unspecified atom stereocenters. The van der Waals surface area contributed by atoms with Crippen LogP contribution in [0.4, 0.5) is 11.4 Å². The second-order valence-electron chi connectivity index (χ2n) is 5.33. The van der Waals surface area contributed by atoms with Crippen LogP contribution >= 0.6 is 0 Å². The van der Waals surface area contributed by atoms with Crippen LogP contribution < -0.4 is 11.1 Å². The van der Waals surface area contributed by atoms with E-state index in [-0.39, 0.29) is 5.91 Å². The lowest BCUT2D eigenvalue weighted by atomic mass is 10.2. The number of carbonyl (C=O) groups is 1. The van der Waals surface area contributed by atoms with E-state index in [1.54, 1.807) is 0 Å². The van der Waals surface area contributed by atoms with Crippen molar-refractivity contribution < 1.29 is 4.79 Å². The summed E-state index contributed by atoms with van der Waals surface area (Å²) in [5, 5.41) is 2.91. The highest BCUT2D eigenvalue weighted by molar-refractivity contribution is 5.92. The molecule has 1 amide bonds. The monoisotopic (exact) mass is 283 g/mol. The van der Waals surface area contributed by atoms with Crippen molar-refractivity contribution in [3.63, 3.8) is 0 Å². The van der Waals surface area contributed by atoms with Gasteiger partial charge in [-0.1, -0.05) is 24.3 Å². The van der Waals surface area contributed by atoms with Gasteiger partial charge < -0.3 is 11.1 Å². The minimum absolute atomic E-state index is 0.0213. The first-order chi connectivity index (χ1) is 10.0. The summed E-state index contributed by atoms with van der Waals surface area (Å²) in [4.78, 5) is 14.0. The summed E-state index contributed by atoms with van der Waals surface area (Å²) in [6.07, 6.45) is 0. The molecule has 4 nitrogen and oxygen atoms in total. The molecule has 0 aliphatic heterocycles. The highest BCUT2D eigenvalue weighted by Crippen LogP contribution is 2.11. The number of nitrogens with two attached hydrogens (primary N) is 1. The zero-order chi connectivity index (χ0) is 15.2. The van der Waals surface area contributed by atoms with Crippen LogP contribution in [0.25, 0.3) is 0 Å². The molecule has 4 heteroatoms. The van der Waals surface area contributed by atoms with Crippen molar-refractivity contribution in [3.8, 4) is 0 Å². The lowest BCUT2D eigenvalue weighted by Gasteiger charge is -2.16. The molecule has 0 spiro atoms. The third-order valence-electron chi connectivity index (χ3n) is 3.12. The Bertz CT molecular complexity index is 625. The molecule has 0 atom stereocenters. The molecule has 2 aromatic rings. The van der Waals surface area contributed by atoms with Gasteiger partial charge in [0.25, 0.3) is 0 Å². The lowest BCUT2D eigenvalue weighted by molar-refractivity contribution is -0.117. The van der Waals surface area contributed by atoms with Crippen molar-refractivity contribution in [1.29, 1.82) is 0 Å². The first kappa shape index (κ1) is 15.1. The van der Waals surface area contributed by atoms with Crippen LogP contribution in [0.2, 0.25) is 0 Å². The van der Waals surface area contributed by atoms with E-state index in [1.807, 2.05) is 67.4 Å². The third-order valence-corrected chi connectivity index (χ3v) is 3.12. The number of benzene rings is 2. The highest BCUT2D eigenvalue weighted by Gasteiger charge is 2.07. The number of nitrogens with zero attached hydrogens (tertiary/aromatic N) is 1. The van der Waals surface area contributed by atoms with Crippen LogP contribution in [0.5, 0.6) is 0 Å². The van der Waals surface area contributed by atoms with Crippen LogP contribution in [0.1, 0.15) is 11.1 Å². The minimum Gasteiger partial charge on any atom is -0.399 e. The molecule has 0 bridgehead atoms. The number of hydrogen-bond acceptors (Lipinski definition) is 3. The summed E-state index contributed by atoms with van der Waals surface area (Å²) < 4.78 is 0. The molecule has 21 heavy (non-hydrogen) atoms. The molecule has 110 valence electrons. The fraction of sp³-hybridized carbons (Fsp3) is 0.235. The second kappa shape index (κ2) is 6.90. The van der Waals surface area contributed by atoms with Crippen molar-refractivity contribution in [3.05, 3.63) is 59.7 Å².